The summed E-state index contributed by atoms with van der Waals surface area (Å²) in [6.45, 7) is 1.69. The molecule has 1 unspecified atom stereocenters. The highest BCUT2D eigenvalue weighted by Crippen LogP contribution is 2.26. The fourth-order valence-electron chi connectivity index (χ4n) is 1.07. The number of anilines is 1. The number of methoxy groups -OCH3 is 1. The van der Waals surface area contributed by atoms with Gasteiger partial charge < -0.3 is 15.6 Å². The Bertz CT molecular complexity index is 271. The summed E-state index contributed by atoms with van der Waals surface area (Å²) in [7, 11) is 1.56. The van der Waals surface area contributed by atoms with Gasteiger partial charge in [-0.15, -0.1) is 0 Å². The summed E-state index contributed by atoms with van der Waals surface area (Å²) < 4.78 is 5.05. The van der Waals surface area contributed by atoms with Crippen molar-refractivity contribution in [3.05, 3.63) is 23.8 Å². The second-order valence-electron chi connectivity index (χ2n) is 2.68. The SMILES string of the molecule is COc1cc(N)ccc1C(C)O. The Morgan fingerprint density at radius 1 is 1.50 bits per heavy atom. The van der Waals surface area contributed by atoms with E-state index in [-0.39, 0.29) is 0 Å². The average Bonchev–Trinajstić information content (AvgIpc) is 2.03. The predicted molar refractivity (Wildman–Crippen MR) is 48.0 cm³/mol. The highest BCUT2D eigenvalue weighted by molar-refractivity contribution is 5.49. The summed E-state index contributed by atoms with van der Waals surface area (Å²) in [6, 6.07) is 5.20. The van der Waals surface area contributed by atoms with Crippen LogP contribution in [0.1, 0.15) is 18.6 Å². The van der Waals surface area contributed by atoms with Crippen molar-refractivity contribution in [1.29, 1.82) is 0 Å². The molecule has 66 valence electrons. The van der Waals surface area contributed by atoms with Gasteiger partial charge in [0.15, 0.2) is 0 Å². The van der Waals surface area contributed by atoms with E-state index in [1.54, 1.807) is 32.2 Å². The molecule has 0 bridgehead atoms. The minimum absolute atomic E-state index is 0.527. The normalized spacial score (nSPS) is 12.6. The lowest BCUT2D eigenvalue weighted by atomic mass is 10.1. The maximum absolute atomic E-state index is 9.31. The van der Waals surface area contributed by atoms with E-state index in [4.69, 9.17) is 10.5 Å². The smallest absolute Gasteiger partial charge is 0.126 e. The summed E-state index contributed by atoms with van der Waals surface area (Å²) in [5.74, 6) is 0.630. The Morgan fingerprint density at radius 3 is 2.67 bits per heavy atom. The fraction of sp³-hybridized carbons (Fsp3) is 0.333. The van der Waals surface area contributed by atoms with Gasteiger partial charge in [0, 0.05) is 17.3 Å². The Morgan fingerprint density at radius 2 is 2.17 bits per heavy atom. The van der Waals surface area contributed by atoms with Gasteiger partial charge in [-0.3, -0.25) is 0 Å². The largest absolute Gasteiger partial charge is 0.496 e. The molecule has 0 saturated carbocycles. The van der Waals surface area contributed by atoms with Crippen molar-refractivity contribution in [2.75, 3.05) is 12.8 Å². The summed E-state index contributed by atoms with van der Waals surface area (Å²) >= 11 is 0. The Labute approximate surface area is 71.8 Å². The fourth-order valence-corrected chi connectivity index (χ4v) is 1.07. The first-order valence-electron chi connectivity index (χ1n) is 3.76. The molecule has 0 aliphatic carbocycles. The van der Waals surface area contributed by atoms with Crippen LogP contribution < -0.4 is 10.5 Å². The summed E-state index contributed by atoms with van der Waals surface area (Å²) in [4.78, 5) is 0. The lowest BCUT2D eigenvalue weighted by molar-refractivity contribution is 0.194. The summed E-state index contributed by atoms with van der Waals surface area (Å²) in [5, 5.41) is 9.31. The van der Waals surface area contributed by atoms with E-state index in [0.717, 1.165) is 5.56 Å². The van der Waals surface area contributed by atoms with Crippen LogP contribution in [0.2, 0.25) is 0 Å². The van der Waals surface area contributed by atoms with E-state index in [9.17, 15) is 5.11 Å². The predicted octanol–water partition coefficient (Wildman–Crippen LogP) is 1.33. The van der Waals surface area contributed by atoms with E-state index < -0.39 is 6.10 Å². The number of hydrogen-bond acceptors (Lipinski definition) is 3. The zero-order chi connectivity index (χ0) is 9.14. The highest BCUT2D eigenvalue weighted by atomic mass is 16.5. The third kappa shape index (κ3) is 1.68. The van der Waals surface area contributed by atoms with Gasteiger partial charge in [0.2, 0.25) is 0 Å². The van der Waals surface area contributed by atoms with Crippen molar-refractivity contribution >= 4 is 5.69 Å². The number of aliphatic hydroxyl groups is 1. The summed E-state index contributed by atoms with van der Waals surface area (Å²) in [5.41, 5.74) is 6.93. The number of aliphatic hydroxyl groups excluding tert-OH is 1. The number of rotatable bonds is 2. The maximum Gasteiger partial charge on any atom is 0.126 e. The van der Waals surface area contributed by atoms with Crippen molar-refractivity contribution < 1.29 is 9.84 Å². The molecule has 1 aromatic rings. The standard InChI is InChI=1S/C9H13NO2/c1-6(11)8-4-3-7(10)5-9(8)12-2/h3-6,11H,10H2,1-2H3. The topological polar surface area (TPSA) is 55.5 Å². The van der Waals surface area contributed by atoms with Crippen LogP contribution in [0.25, 0.3) is 0 Å². The van der Waals surface area contributed by atoms with E-state index in [1.165, 1.54) is 0 Å². The molecule has 0 saturated heterocycles. The first-order valence-corrected chi connectivity index (χ1v) is 3.76. The third-order valence-corrected chi connectivity index (χ3v) is 1.71. The van der Waals surface area contributed by atoms with Crippen LogP contribution in [-0.2, 0) is 0 Å². The van der Waals surface area contributed by atoms with E-state index in [2.05, 4.69) is 0 Å². The van der Waals surface area contributed by atoms with Crippen LogP contribution in [0.3, 0.4) is 0 Å². The molecule has 1 aromatic carbocycles. The van der Waals surface area contributed by atoms with Gasteiger partial charge in [-0.1, -0.05) is 6.07 Å². The molecule has 0 spiro atoms. The van der Waals surface area contributed by atoms with Gasteiger partial charge >= 0.3 is 0 Å². The molecular formula is C9H13NO2. The van der Waals surface area contributed by atoms with Crippen LogP contribution in [0.5, 0.6) is 5.75 Å². The van der Waals surface area contributed by atoms with Crippen LogP contribution in [0.15, 0.2) is 18.2 Å². The minimum Gasteiger partial charge on any atom is -0.496 e. The number of nitrogen functional groups attached to an aromatic ring is 1. The molecule has 0 fully saturated rings. The Balaban J connectivity index is 3.11. The van der Waals surface area contributed by atoms with Crippen molar-refractivity contribution in [3.8, 4) is 5.75 Å². The monoisotopic (exact) mass is 167 g/mol. The van der Waals surface area contributed by atoms with Gasteiger partial charge in [-0.2, -0.15) is 0 Å². The van der Waals surface area contributed by atoms with Crippen LogP contribution >= 0.6 is 0 Å². The molecule has 3 N–H and O–H groups in total. The molecule has 12 heavy (non-hydrogen) atoms. The van der Waals surface area contributed by atoms with Gasteiger partial charge in [0.05, 0.1) is 13.2 Å². The number of ether oxygens (including phenoxy) is 1. The quantitative estimate of drug-likeness (QED) is 0.653. The lowest BCUT2D eigenvalue weighted by Gasteiger charge is -2.10. The molecule has 0 aliphatic heterocycles. The number of hydrogen-bond donors (Lipinski definition) is 2. The Hall–Kier alpha value is -1.22. The van der Waals surface area contributed by atoms with Crippen LogP contribution in [0.4, 0.5) is 5.69 Å². The van der Waals surface area contributed by atoms with Crippen molar-refractivity contribution in [3.63, 3.8) is 0 Å². The molecule has 0 amide bonds. The third-order valence-electron chi connectivity index (χ3n) is 1.71. The molecule has 0 aromatic heterocycles. The first kappa shape index (κ1) is 8.87. The zero-order valence-corrected chi connectivity index (χ0v) is 7.24. The second-order valence-corrected chi connectivity index (χ2v) is 2.68. The van der Waals surface area contributed by atoms with Crippen LogP contribution in [-0.4, -0.2) is 12.2 Å². The molecule has 0 heterocycles. The average molecular weight is 167 g/mol. The second kappa shape index (κ2) is 3.45. The van der Waals surface area contributed by atoms with Crippen molar-refractivity contribution in [2.45, 2.75) is 13.0 Å². The van der Waals surface area contributed by atoms with Crippen molar-refractivity contribution in [1.82, 2.24) is 0 Å². The van der Waals surface area contributed by atoms with Gasteiger partial charge in [-0.05, 0) is 13.0 Å². The molecular weight excluding hydrogens is 154 g/mol. The van der Waals surface area contributed by atoms with E-state index in [0.29, 0.717) is 11.4 Å². The van der Waals surface area contributed by atoms with E-state index in [1.807, 2.05) is 0 Å². The van der Waals surface area contributed by atoms with Crippen LogP contribution in [0, 0.1) is 0 Å². The highest BCUT2D eigenvalue weighted by Gasteiger charge is 2.07. The van der Waals surface area contributed by atoms with Gasteiger partial charge in [-0.25, -0.2) is 0 Å². The van der Waals surface area contributed by atoms with Gasteiger partial charge in [0.1, 0.15) is 5.75 Å². The molecule has 0 aliphatic rings. The van der Waals surface area contributed by atoms with Crippen molar-refractivity contribution in [2.24, 2.45) is 0 Å². The Kier molecular flexibility index (Phi) is 2.55. The zero-order valence-electron chi connectivity index (χ0n) is 7.24. The number of nitrogens with two attached hydrogens (primary N) is 1. The van der Waals surface area contributed by atoms with E-state index >= 15 is 0 Å². The lowest BCUT2D eigenvalue weighted by Crippen LogP contribution is -1.97. The number of benzene rings is 1. The maximum atomic E-state index is 9.31. The summed E-state index contributed by atoms with van der Waals surface area (Å²) in [6.07, 6.45) is -0.527. The molecule has 3 heteroatoms. The molecule has 0 radical (unpaired) electrons. The minimum atomic E-state index is -0.527. The first-order chi connectivity index (χ1) is 5.65. The molecule has 1 rings (SSSR count). The van der Waals surface area contributed by atoms with Gasteiger partial charge in [0.25, 0.3) is 0 Å². The molecule has 1 atom stereocenters. The molecule has 3 nitrogen and oxygen atoms in total.